The van der Waals surface area contributed by atoms with Gasteiger partial charge in [-0.15, -0.1) is 0 Å². The number of rotatable bonds is 4. The van der Waals surface area contributed by atoms with Gasteiger partial charge >= 0.3 is 0 Å². The molecule has 0 radical (unpaired) electrons. The molecule has 0 aromatic carbocycles. The molecule has 1 fully saturated rings. The molecule has 0 amide bonds. The van der Waals surface area contributed by atoms with Crippen LogP contribution in [0.2, 0.25) is 0 Å². The molecule has 1 aliphatic heterocycles. The Morgan fingerprint density at radius 1 is 1.29 bits per heavy atom. The van der Waals surface area contributed by atoms with E-state index in [4.69, 9.17) is 0 Å². The van der Waals surface area contributed by atoms with Gasteiger partial charge in [-0.3, -0.25) is 4.90 Å². The average Bonchev–Trinajstić information content (AvgIpc) is 2.40. The molecule has 0 bridgehead atoms. The summed E-state index contributed by atoms with van der Waals surface area (Å²) in [6.07, 6.45) is 3.12. The second-order valence-corrected chi connectivity index (χ2v) is 4.48. The first-order chi connectivity index (χ1) is 8.33. The Labute approximate surface area is 104 Å². The number of nitrogens with zero attached hydrogens (tertiary/aromatic N) is 3. The Kier molecular flexibility index (Phi) is 4.20. The van der Waals surface area contributed by atoms with Gasteiger partial charge in [-0.05, 0) is 19.0 Å². The molecule has 0 spiro atoms. The first-order valence-corrected chi connectivity index (χ1v) is 6.44. The highest BCUT2D eigenvalue weighted by Gasteiger charge is 2.16. The van der Waals surface area contributed by atoms with Gasteiger partial charge in [-0.2, -0.15) is 0 Å². The molecule has 0 aliphatic carbocycles. The van der Waals surface area contributed by atoms with Crippen molar-refractivity contribution in [3.05, 3.63) is 18.3 Å². The molecule has 1 aliphatic rings. The number of pyridine rings is 1. The van der Waals surface area contributed by atoms with Crippen molar-refractivity contribution in [3.63, 3.8) is 0 Å². The first-order valence-electron chi connectivity index (χ1n) is 6.44. The summed E-state index contributed by atoms with van der Waals surface area (Å²) in [5, 5.41) is 3.09. The number of hydrogen-bond acceptors (Lipinski definition) is 4. The third kappa shape index (κ3) is 3.09. The van der Waals surface area contributed by atoms with E-state index in [-0.39, 0.29) is 0 Å². The summed E-state index contributed by atoms with van der Waals surface area (Å²) >= 11 is 0. The summed E-state index contributed by atoms with van der Waals surface area (Å²) in [7, 11) is 1.91. The quantitative estimate of drug-likeness (QED) is 0.858. The number of hydrogen-bond donors (Lipinski definition) is 1. The molecule has 1 saturated heterocycles. The van der Waals surface area contributed by atoms with E-state index in [0.29, 0.717) is 0 Å². The third-order valence-electron chi connectivity index (χ3n) is 3.28. The van der Waals surface area contributed by atoms with Crippen LogP contribution in [0.4, 0.5) is 11.5 Å². The lowest BCUT2D eigenvalue weighted by Crippen LogP contribution is -2.46. The van der Waals surface area contributed by atoms with E-state index in [1.54, 1.807) is 0 Å². The smallest absolute Gasteiger partial charge is 0.127 e. The Morgan fingerprint density at radius 2 is 2.06 bits per heavy atom. The Hall–Kier alpha value is -1.29. The minimum absolute atomic E-state index is 0.943. The van der Waals surface area contributed by atoms with Crippen molar-refractivity contribution in [2.24, 2.45) is 0 Å². The van der Waals surface area contributed by atoms with Crippen LogP contribution in [-0.2, 0) is 0 Å². The number of piperazine rings is 1. The standard InChI is InChI=1S/C13H22N4/c1-3-6-16-7-9-17(10-8-16)12-4-5-15-13(11-12)14-2/h4-5,11H,3,6-10H2,1-2H3,(H,14,15). The zero-order chi connectivity index (χ0) is 12.1. The normalized spacial score (nSPS) is 17.2. The molecule has 0 atom stereocenters. The summed E-state index contributed by atoms with van der Waals surface area (Å²) < 4.78 is 0. The van der Waals surface area contributed by atoms with Crippen LogP contribution >= 0.6 is 0 Å². The van der Waals surface area contributed by atoms with E-state index in [1.807, 2.05) is 13.2 Å². The molecule has 0 unspecified atom stereocenters. The maximum Gasteiger partial charge on any atom is 0.127 e. The molecule has 4 heteroatoms. The van der Waals surface area contributed by atoms with E-state index >= 15 is 0 Å². The van der Waals surface area contributed by atoms with E-state index < -0.39 is 0 Å². The molecule has 4 nitrogen and oxygen atoms in total. The fourth-order valence-corrected chi connectivity index (χ4v) is 2.30. The minimum Gasteiger partial charge on any atom is -0.373 e. The highest BCUT2D eigenvalue weighted by atomic mass is 15.3. The van der Waals surface area contributed by atoms with Gasteiger partial charge in [-0.25, -0.2) is 4.98 Å². The van der Waals surface area contributed by atoms with Gasteiger partial charge in [0.05, 0.1) is 0 Å². The Balaban J connectivity index is 1.95. The van der Waals surface area contributed by atoms with Gasteiger partial charge in [0.1, 0.15) is 5.82 Å². The summed E-state index contributed by atoms with van der Waals surface area (Å²) in [5.74, 6) is 0.943. The molecule has 94 valence electrons. The summed E-state index contributed by atoms with van der Waals surface area (Å²) in [4.78, 5) is 9.23. The van der Waals surface area contributed by atoms with Gasteiger partial charge in [0.15, 0.2) is 0 Å². The van der Waals surface area contributed by atoms with Gasteiger partial charge < -0.3 is 10.2 Å². The van der Waals surface area contributed by atoms with Crippen molar-refractivity contribution in [1.82, 2.24) is 9.88 Å². The molecule has 0 saturated carbocycles. The molecule has 17 heavy (non-hydrogen) atoms. The van der Waals surface area contributed by atoms with Gasteiger partial charge in [0, 0.05) is 51.2 Å². The number of anilines is 2. The van der Waals surface area contributed by atoms with Gasteiger partial charge in [-0.1, -0.05) is 6.92 Å². The van der Waals surface area contributed by atoms with E-state index in [2.05, 4.69) is 39.2 Å². The van der Waals surface area contributed by atoms with Crippen molar-refractivity contribution in [2.45, 2.75) is 13.3 Å². The molecule has 1 N–H and O–H groups in total. The van der Waals surface area contributed by atoms with Crippen LogP contribution in [0.5, 0.6) is 0 Å². The van der Waals surface area contributed by atoms with Crippen molar-refractivity contribution < 1.29 is 0 Å². The second kappa shape index (κ2) is 5.87. The Morgan fingerprint density at radius 3 is 2.71 bits per heavy atom. The van der Waals surface area contributed by atoms with Crippen molar-refractivity contribution >= 4 is 11.5 Å². The zero-order valence-corrected chi connectivity index (χ0v) is 10.8. The molecule has 2 rings (SSSR count). The highest BCUT2D eigenvalue weighted by Crippen LogP contribution is 2.18. The molecular weight excluding hydrogens is 212 g/mol. The van der Waals surface area contributed by atoms with Gasteiger partial charge in [0.25, 0.3) is 0 Å². The van der Waals surface area contributed by atoms with Crippen molar-refractivity contribution in [1.29, 1.82) is 0 Å². The summed E-state index contributed by atoms with van der Waals surface area (Å²) in [5.41, 5.74) is 1.28. The topological polar surface area (TPSA) is 31.4 Å². The minimum atomic E-state index is 0.943. The lowest BCUT2D eigenvalue weighted by molar-refractivity contribution is 0.258. The SMILES string of the molecule is CCCN1CCN(c2ccnc(NC)c2)CC1. The highest BCUT2D eigenvalue weighted by molar-refractivity contribution is 5.53. The summed E-state index contributed by atoms with van der Waals surface area (Å²) in [6, 6.07) is 4.21. The van der Waals surface area contributed by atoms with Gasteiger partial charge in [0.2, 0.25) is 0 Å². The molecule has 1 aromatic rings. The predicted molar refractivity (Wildman–Crippen MR) is 72.7 cm³/mol. The number of nitrogens with one attached hydrogen (secondary N) is 1. The van der Waals surface area contributed by atoms with Crippen LogP contribution in [-0.4, -0.2) is 49.7 Å². The van der Waals surface area contributed by atoms with Crippen LogP contribution < -0.4 is 10.2 Å². The van der Waals surface area contributed by atoms with Crippen LogP contribution in [0.25, 0.3) is 0 Å². The van der Waals surface area contributed by atoms with Crippen LogP contribution in [0.1, 0.15) is 13.3 Å². The van der Waals surface area contributed by atoms with E-state index in [9.17, 15) is 0 Å². The average molecular weight is 234 g/mol. The Bertz CT molecular complexity index is 345. The molecule has 1 aromatic heterocycles. The monoisotopic (exact) mass is 234 g/mol. The number of aromatic nitrogens is 1. The van der Waals surface area contributed by atoms with E-state index in [1.165, 1.54) is 31.7 Å². The maximum atomic E-state index is 4.25. The fourth-order valence-electron chi connectivity index (χ4n) is 2.30. The third-order valence-corrected chi connectivity index (χ3v) is 3.28. The lowest BCUT2D eigenvalue weighted by Gasteiger charge is -2.36. The van der Waals surface area contributed by atoms with Crippen molar-refractivity contribution in [2.75, 3.05) is 50.0 Å². The predicted octanol–water partition coefficient (Wildman–Crippen LogP) is 1.66. The zero-order valence-electron chi connectivity index (χ0n) is 10.8. The van der Waals surface area contributed by atoms with E-state index in [0.717, 1.165) is 18.9 Å². The molecule has 2 heterocycles. The largest absolute Gasteiger partial charge is 0.373 e. The first kappa shape index (κ1) is 12.2. The van der Waals surface area contributed by atoms with Crippen molar-refractivity contribution in [3.8, 4) is 0 Å². The lowest BCUT2D eigenvalue weighted by atomic mass is 10.2. The van der Waals surface area contributed by atoms with Crippen LogP contribution in [0.15, 0.2) is 18.3 Å². The fraction of sp³-hybridized carbons (Fsp3) is 0.615. The molecular formula is C13H22N4. The van der Waals surface area contributed by atoms with Crippen LogP contribution in [0.3, 0.4) is 0 Å². The summed E-state index contributed by atoms with van der Waals surface area (Å²) in [6.45, 7) is 8.05. The van der Waals surface area contributed by atoms with Crippen LogP contribution in [0, 0.1) is 0 Å². The maximum absolute atomic E-state index is 4.25. The second-order valence-electron chi connectivity index (χ2n) is 4.48.